The van der Waals surface area contributed by atoms with E-state index in [-0.39, 0.29) is 6.10 Å². The van der Waals surface area contributed by atoms with Crippen LogP contribution >= 0.6 is 0 Å². The first-order valence-electron chi connectivity index (χ1n) is 6.73. The number of aliphatic hydroxyl groups is 1. The lowest BCUT2D eigenvalue weighted by atomic mass is 9.92. The summed E-state index contributed by atoms with van der Waals surface area (Å²) < 4.78 is 2.11. The third-order valence-corrected chi connectivity index (χ3v) is 3.54. The van der Waals surface area contributed by atoms with Crippen LogP contribution in [0.3, 0.4) is 0 Å². The van der Waals surface area contributed by atoms with Crippen LogP contribution < -0.4 is 5.32 Å². The Morgan fingerprint density at radius 2 is 2.18 bits per heavy atom. The highest BCUT2D eigenvalue weighted by Gasteiger charge is 2.21. The highest BCUT2D eigenvalue weighted by Crippen LogP contribution is 2.18. The normalized spacial score (nSPS) is 25.0. The van der Waals surface area contributed by atoms with Gasteiger partial charge in [-0.1, -0.05) is 12.8 Å². The summed E-state index contributed by atoms with van der Waals surface area (Å²) in [6, 6.07) is 0.331. The zero-order chi connectivity index (χ0) is 11.9. The Balaban J connectivity index is 1.53. The van der Waals surface area contributed by atoms with Gasteiger partial charge < -0.3 is 15.0 Å². The lowest BCUT2D eigenvalue weighted by molar-refractivity contribution is 0.0909. The number of rotatable bonds is 6. The number of nitrogens with zero attached hydrogens (tertiary/aromatic N) is 2. The van der Waals surface area contributed by atoms with E-state index in [4.69, 9.17) is 0 Å². The van der Waals surface area contributed by atoms with Crippen LogP contribution in [-0.4, -0.2) is 33.3 Å². The van der Waals surface area contributed by atoms with Gasteiger partial charge in [0.2, 0.25) is 0 Å². The van der Waals surface area contributed by atoms with E-state index in [1.165, 1.54) is 12.8 Å². The van der Waals surface area contributed by atoms with Gasteiger partial charge in [-0.15, -0.1) is 0 Å². The first-order valence-corrected chi connectivity index (χ1v) is 6.73. The molecule has 0 saturated heterocycles. The van der Waals surface area contributed by atoms with Crippen LogP contribution in [0.2, 0.25) is 0 Å². The fourth-order valence-corrected chi connectivity index (χ4v) is 2.48. The molecule has 1 aromatic rings. The fourth-order valence-electron chi connectivity index (χ4n) is 2.48. The molecule has 17 heavy (non-hydrogen) atoms. The smallest absolute Gasteiger partial charge is 0.0945 e. The highest BCUT2D eigenvalue weighted by molar-refractivity contribution is 4.80. The van der Waals surface area contributed by atoms with Crippen LogP contribution in [0.15, 0.2) is 18.7 Å². The molecule has 0 bridgehead atoms. The van der Waals surface area contributed by atoms with E-state index in [0.717, 1.165) is 38.8 Å². The summed E-state index contributed by atoms with van der Waals surface area (Å²) in [6.45, 7) is 2.05. The highest BCUT2D eigenvalue weighted by atomic mass is 16.3. The molecule has 2 N–H and O–H groups in total. The summed E-state index contributed by atoms with van der Waals surface area (Å²) in [4.78, 5) is 4.02. The molecule has 1 heterocycles. The SMILES string of the molecule is O[C@H]1CCCC[C@@H]1NCCCCn1ccnc1. The molecule has 1 saturated carbocycles. The maximum atomic E-state index is 9.80. The van der Waals surface area contributed by atoms with Crippen molar-refractivity contribution in [3.05, 3.63) is 18.7 Å². The number of aliphatic hydroxyl groups excluding tert-OH is 1. The molecule has 4 nitrogen and oxygen atoms in total. The Labute approximate surface area is 103 Å². The third-order valence-electron chi connectivity index (χ3n) is 3.54. The number of hydrogen-bond donors (Lipinski definition) is 2. The van der Waals surface area contributed by atoms with E-state index in [0.29, 0.717) is 6.04 Å². The Kier molecular flexibility index (Phi) is 5.01. The van der Waals surface area contributed by atoms with Gasteiger partial charge in [-0.3, -0.25) is 0 Å². The van der Waals surface area contributed by atoms with Crippen LogP contribution in [-0.2, 0) is 6.54 Å². The molecule has 1 aliphatic rings. The minimum absolute atomic E-state index is 0.127. The van der Waals surface area contributed by atoms with Crippen LogP contribution in [0.5, 0.6) is 0 Å². The maximum Gasteiger partial charge on any atom is 0.0945 e. The molecule has 0 radical (unpaired) electrons. The molecule has 0 unspecified atom stereocenters. The average molecular weight is 237 g/mol. The standard InChI is InChI=1S/C13H23N3O/c17-13-6-2-1-5-12(13)15-7-3-4-9-16-10-8-14-11-16/h8,10-13,15,17H,1-7,9H2/t12-,13-/m0/s1. The monoisotopic (exact) mass is 237 g/mol. The predicted octanol–water partition coefficient (Wildman–Crippen LogP) is 1.56. The molecule has 0 spiro atoms. The molecule has 0 amide bonds. The molecule has 4 heteroatoms. The van der Waals surface area contributed by atoms with E-state index < -0.39 is 0 Å². The number of aromatic nitrogens is 2. The largest absolute Gasteiger partial charge is 0.392 e. The minimum atomic E-state index is -0.127. The summed E-state index contributed by atoms with van der Waals surface area (Å²) in [7, 11) is 0. The molecule has 96 valence electrons. The Bertz CT molecular complexity index is 300. The van der Waals surface area contributed by atoms with Crippen molar-refractivity contribution >= 4 is 0 Å². The quantitative estimate of drug-likeness (QED) is 0.738. The van der Waals surface area contributed by atoms with Gasteiger partial charge in [0, 0.05) is 25.0 Å². The van der Waals surface area contributed by atoms with E-state index in [2.05, 4.69) is 14.9 Å². The molecule has 0 aliphatic heterocycles. The van der Waals surface area contributed by atoms with E-state index in [1.807, 2.05) is 18.7 Å². The first-order chi connectivity index (χ1) is 8.36. The minimum Gasteiger partial charge on any atom is -0.392 e. The van der Waals surface area contributed by atoms with Crippen molar-refractivity contribution < 1.29 is 5.11 Å². The number of hydrogen-bond acceptors (Lipinski definition) is 3. The second-order valence-electron chi connectivity index (χ2n) is 4.92. The maximum absolute atomic E-state index is 9.80. The van der Waals surface area contributed by atoms with Crippen LogP contribution in [0.25, 0.3) is 0 Å². The molecule has 0 aromatic carbocycles. The predicted molar refractivity (Wildman–Crippen MR) is 67.7 cm³/mol. The summed E-state index contributed by atoms with van der Waals surface area (Å²) in [5, 5.41) is 13.3. The molecular weight excluding hydrogens is 214 g/mol. The molecule has 1 aliphatic carbocycles. The molecular formula is C13H23N3O. The second-order valence-corrected chi connectivity index (χ2v) is 4.92. The lowest BCUT2D eigenvalue weighted by Crippen LogP contribution is -2.42. The number of imidazole rings is 1. The van der Waals surface area contributed by atoms with Gasteiger partial charge in [0.1, 0.15) is 0 Å². The lowest BCUT2D eigenvalue weighted by Gasteiger charge is -2.28. The number of unbranched alkanes of at least 4 members (excludes halogenated alkanes) is 1. The first kappa shape index (κ1) is 12.6. The zero-order valence-electron chi connectivity index (χ0n) is 10.4. The van der Waals surface area contributed by atoms with Gasteiger partial charge in [0.25, 0.3) is 0 Å². The summed E-state index contributed by atoms with van der Waals surface area (Å²) in [5.41, 5.74) is 0. The van der Waals surface area contributed by atoms with Crippen LogP contribution in [0.4, 0.5) is 0 Å². The topological polar surface area (TPSA) is 50.1 Å². The Morgan fingerprint density at radius 3 is 2.94 bits per heavy atom. The van der Waals surface area contributed by atoms with Gasteiger partial charge in [0.15, 0.2) is 0 Å². The van der Waals surface area contributed by atoms with Crippen LogP contribution in [0, 0.1) is 0 Å². The second kappa shape index (κ2) is 6.77. The van der Waals surface area contributed by atoms with Crippen molar-refractivity contribution in [2.24, 2.45) is 0 Å². The zero-order valence-corrected chi connectivity index (χ0v) is 10.4. The van der Waals surface area contributed by atoms with Crippen molar-refractivity contribution in [1.82, 2.24) is 14.9 Å². The van der Waals surface area contributed by atoms with E-state index >= 15 is 0 Å². The average Bonchev–Trinajstić information content (AvgIpc) is 2.84. The molecule has 1 fully saturated rings. The number of aryl methyl sites for hydroxylation is 1. The summed E-state index contributed by atoms with van der Waals surface area (Å²) >= 11 is 0. The van der Waals surface area contributed by atoms with Crippen molar-refractivity contribution in [3.8, 4) is 0 Å². The van der Waals surface area contributed by atoms with E-state index in [1.54, 1.807) is 0 Å². The Morgan fingerprint density at radius 1 is 1.29 bits per heavy atom. The fraction of sp³-hybridized carbons (Fsp3) is 0.769. The van der Waals surface area contributed by atoms with Crippen molar-refractivity contribution in [1.29, 1.82) is 0 Å². The molecule has 2 rings (SSSR count). The van der Waals surface area contributed by atoms with Crippen LogP contribution in [0.1, 0.15) is 38.5 Å². The number of nitrogens with one attached hydrogen (secondary N) is 1. The molecule has 2 atom stereocenters. The summed E-state index contributed by atoms with van der Waals surface area (Å²) in [5.74, 6) is 0. The summed E-state index contributed by atoms with van der Waals surface area (Å²) in [6.07, 6.45) is 12.4. The Hall–Kier alpha value is -0.870. The van der Waals surface area contributed by atoms with E-state index in [9.17, 15) is 5.11 Å². The van der Waals surface area contributed by atoms with Gasteiger partial charge in [0.05, 0.1) is 12.4 Å². The van der Waals surface area contributed by atoms with Gasteiger partial charge in [-0.05, 0) is 32.2 Å². The third kappa shape index (κ3) is 4.13. The van der Waals surface area contributed by atoms with Gasteiger partial charge >= 0.3 is 0 Å². The molecule has 1 aromatic heterocycles. The van der Waals surface area contributed by atoms with Crippen molar-refractivity contribution in [2.75, 3.05) is 6.54 Å². The van der Waals surface area contributed by atoms with Gasteiger partial charge in [-0.25, -0.2) is 4.98 Å². The van der Waals surface area contributed by atoms with Gasteiger partial charge in [-0.2, -0.15) is 0 Å². The van der Waals surface area contributed by atoms with Crippen molar-refractivity contribution in [3.63, 3.8) is 0 Å². The van der Waals surface area contributed by atoms with Crippen molar-refractivity contribution in [2.45, 2.75) is 57.2 Å².